The van der Waals surface area contributed by atoms with Gasteiger partial charge in [-0.3, -0.25) is 9.36 Å². The van der Waals surface area contributed by atoms with E-state index in [1.54, 1.807) is 35.7 Å². The minimum absolute atomic E-state index is 0.0143. The summed E-state index contributed by atoms with van der Waals surface area (Å²) in [5.41, 5.74) is 0.322. The van der Waals surface area contributed by atoms with Gasteiger partial charge in [0.25, 0.3) is 5.91 Å². The van der Waals surface area contributed by atoms with Gasteiger partial charge in [0.15, 0.2) is 0 Å². The number of halogens is 1. The van der Waals surface area contributed by atoms with Crippen LogP contribution in [0.15, 0.2) is 24.8 Å². The van der Waals surface area contributed by atoms with E-state index in [2.05, 4.69) is 15.0 Å². The van der Waals surface area contributed by atoms with E-state index in [0.717, 1.165) is 18.7 Å². The van der Waals surface area contributed by atoms with Crippen LogP contribution in [0.25, 0.3) is 5.95 Å². The van der Waals surface area contributed by atoms with E-state index < -0.39 is 18.3 Å². The molecule has 1 saturated carbocycles. The number of imidazole rings is 1. The van der Waals surface area contributed by atoms with Crippen LogP contribution >= 0.6 is 0 Å². The summed E-state index contributed by atoms with van der Waals surface area (Å²) in [7, 11) is 0. The maximum Gasteiger partial charge on any atom is 0.410 e. The minimum Gasteiger partial charge on any atom is -0.447 e. The van der Waals surface area contributed by atoms with E-state index in [9.17, 15) is 9.59 Å². The number of piperidine rings is 1. The lowest BCUT2D eigenvalue weighted by atomic mass is 10.0. The summed E-state index contributed by atoms with van der Waals surface area (Å²) in [6.07, 6.45) is 6.29. The molecule has 31 heavy (non-hydrogen) atoms. The molecule has 1 saturated heterocycles. The van der Waals surface area contributed by atoms with Crippen LogP contribution in [0, 0.1) is 6.92 Å². The number of likely N-dealkylation sites (tertiary alicyclic amines) is 1. The Labute approximate surface area is 180 Å². The third-order valence-corrected chi connectivity index (χ3v) is 5.56. The lowest BCUT2D eigenvalue weighted by Crippen LogP contribution is -2.56. The number of nitrogens with zero attached hydrogens (tertiary/aromatic N) is 6. The van der Waals surface area contributed by atoms with Crippen molar-refractivity contribution < 1.29 is 18.7 Å². The van der Waals surface area contributed by atoms with E-state index >= 15 is 4.39 Å². The van der Waals surface area contributed by atoms with Crippen molar-refractivity contribution in [3.8, 4) is 5.95 Å². The Bertz CT molecular complexity index is 943. The molecule has 0 bridgehead atoms. The molecule has 2 aromatic rings. The average Bonchev–Trinajstić information content (AvgIpc) is 3.48. The first kappa shape index (κ1) is 21.2. The molecule has 2 fully saturated rings. The van der Waals surface area contributed by atoms with Crippen molar-refractivity contribution in [2.75, 3.05) is 13.1 Å². The summed E-state index contributed by atoms with van der Waals surface area (Å²) in [6, 6.07) is -0.570. The van der Waals surface area contributed by atoms with Crippen molar-refractivity contribution in [2.45, 2.75) is 64.4 Å². The molecule has 10 heteroatoms. The molecule has 9 nitrogen and oxygen atoms in total. The molecule has 2 aromatic heterocycles. The third-order valence-electron chi connectivity index (χ3n) is 5.56. The second-order valence-corrected chi connectivity index (χ2v) is 8.31. The lowest BCUT2D eigenvalue weighted by molar-refractivity contribution is 0.0153. The van der Waals surface area contributed by atoms with Crippen molar-refractivity contribution in [3.63, 3.8) is 0 Å². The molecule has 166 valence electrons. The summed E-state index contributed by atoms with van der Waals surface area (Å²) in [4.78, 5) is 41.1. The standard InChI is InChI=1S/C21H27FN6O3/c1-13(2)31-21(30)26-8-6-18(17(22)12-26)28(16-4-5-16)19(29)15-10-24-20(25-11-15)27-9-7-23-14(27)3/h7,9-11,13,16-18H,4-6,8,12H2,1-3H3. The fourth-order valence-corrected chi connectivity index (χ4v) is 3.88. The number of rotatable bonds is 5. The molecule has 2 aliphatic rings. The van der Waals surface area contributed by atoms with E-state index in [-0.39, 0.29) is 24.6 Å². The van der Waals surface area contributed by atoms with Crippen molar-refractivity contribution in [1.29, 1.82) is 0 Å². The summed E-state index contributed by atoms with van der Waals surface area (Å²) in [5.74, 6) is 0.883. The second-order valence-electron chi connectivity index (χ2n) is 8.31. The van der Waals surface area contributed by atoms with Crippen LogP contribution in [0.2, 0.25) is 0 Å². The van der Waals surface area contributed by atoms with Gasteiger partial charge in [-0.2, -0.15) is 0 Å². The van der Waals surface area contributed by atoms with Gasteiger partial charge in [-0.05, 0) is 40.0 Å². The molecule has 0 N–H and O–H groups in total. The Hall–Kier alpha value is -3.04. The van der Waals surface area contributed by atoms with E-state index in [0.29, 0.717) is 24.5 Å². The Kier molecular flexibility index (Phi) is 5.88. The topological polar surface area (TPSA) is 93.5 Å². The maximum absolute atomic E-state index is 15.1. The van der Waals surface area contributed by atoms with Crippen LogP contribution in [0.1, 0.15) is 49.3 Å². The first-order valence-electron chi connectivity index (χ1n) is 10.6. The number of aromatic nitrogens is 4. The van der Waals surface area contributed by atoms with Crippen LogP contribution in [0.3, 0.4) is 0 Å². The molecular formula is C21H27FN6O3. The van der Waals surface area contributed by atoms with Gasteiger partial charge in [0.05, 0.1) is 24.3 Å². The number of hydrogen-bond donors (Lipinski definition) is 0. The Morgan fingerprint density at radius 2 is 1.90 bits per heavy atom. The van der Waals surface area contributed by atoms with Crippen molar-refractivity contribution in [2.24, 2.45) is 0 Å². The van der Waals surface area contributed by atoms with Crippen LogP contribution < -0.4 is 0 Å². The Balaban J connectivity index is 1.47. The molecule has 1 aliphatic carbocycles. The molecular weight excluding hydrogens is 403 g/mol. The highest BCUT2D eigenvalue weighted by Gasteiger charge is 2.44. The SMILES string of the molecule is Cc1nccn1-c1ncc(C(=O)N(C2CC2)C2CCN(C(=O)OC(C)C)CC2F)cn1. The summed E-state index contributed by atoms with van der Waals surface area (Å²) >= 11 is 0. The van der Waals surface area contributed by atoms with Gasteiger partial charge < -0.3 is 14.5 Å². The van der Waals surface area contributed by atoms with Gasteiger partial charge in [-0.25, -0.2) is 24.1 Å². The van der Waals surface area contributed by atoms with Crippen molar-refractivity contribution in [3.05, 3.63) is 36.2 Å². The maximum atomic E-state index is 15.1. The zero-order valence-electron chi connectivity index (χ0n) is 17.9. The Morgan fingerprint density at radius 3 is 2.45 bits per heavy atom. The average molecular weight is 430 g/mol. The number of hydrogen-bond acceptors (Lipinski definition) is 6. The van der Waals surface area contributed by atoms with Gasteiger partial charge in [0.2, 0.25) is 5.95 Å². The summed E-state index contributed by atoms with van der Waals surface area (Å²) < 4.78 is 22.0. The summed E-state index contributed by atoms with van der Waals surface area (Å²) in [6.45, 7) is 5.62. The van der Waals surface area contributed by atoms with Crippen LogP contribution in [-0.4, -0.2) is 78.8 Å². The molecule has 1 aliphatic heterocycles. The third kappa shape index (κ3) is 4.52. The predicted molar refractivity (Wildman–Crippen MR) is 110 cm³/mol. The molecule has 0 spiro atoms. The van der Waals surface area contributed by atoms with E-state index in [1.165, 1.54) is 17.3 Å². The molecule has 0 aromatic carbocycles. The number of alkyl halides is 1. The number of amides is 2. The first-order chi connectivity index (χ1) is 14.8. The van der Waals surface area contributed by atoms with Gasteiger partial charge in [-0.1, -0.05) is 0 Å². The fraction of sp³-hybridized carbons (Fsp3) is 0.571. The molecule has 0 radical (unpaired) electrons. The number of carbonyl (C=O) groups is 2. The van der Waals surface area contributed by atoms with Crippen LogP contribution in [-0.2, 0) is 4.74 Å². The molecule has 2 unspecified atom stereocenters. The van der Waals surface area contributed by atoms with Gasteiger partial charge in [0, 0.05) is 37.4 Å². The van der Waals surface area contributed by atoms with E-state index in [1.807, 2.05) is 6.92 Å². The summed E-state index contributed by atoms with van der Waals surface area (Å²) in [5, 5.41) is 0. The lowest BCUT2D eigenvalue weighted by Gasteiger charge is -2.40. The molecule has 2 atom stereocenters. The highest BCUT2D eigenvalue weighted by atomic mass is 19.1. The molecule has 4 rings (SSSR count). The monoisotopic (exact) mass is 430 g/mol. The quantitative estimate of drug-likeness (QED) is 0.724. The number of aryl methyl sites for hydroxylation is 1. The highest BCUT2D eigenvalue weighted by Crippen LogP contribution is 2.34. The van der Waals surface area contributed by atoms with Crippen molar-refractivity contribution >= 4 is 12.0 Å². The number of ether oxygens (including phenoxy) is 1. The van der Waals surface area contributed by atoms with Crippen LogP contribution in [0.4, 0.5) is 9.18 Å². The van der Waals surface area contributed by atoms with E-state index in [4.69, 9.17) is 4.74 Å². The zero-order chi connectivity index (χ0) is 22.1. The fourth-order valence-electron chi connectivity index (χ4n) is 3.88. The largest absolute Gasteiger partial charge is 0.447 e. The Morgan fingerprint density at radius 1 is 1.19 bits per heavy atom. The predicted octanol–water partition coefficient (Wildman–Crippen LogP) is 2.53. The van der Waals surface area contributed by atoms with Gasteiger partial charge >= 0.3 is 6.09 Å². The zero-order valence-corrected chi connectivity index (χ0v) is 17.9. The first-order valence-corrected chi connectivity index (χ1v) is 10.6. The minimum atomic E-state index is -1.34. The van der Waals surface area contributed by atoms with Crippen molar-refractivity contribution in [1.82, 2.24) is 29.3 Å². The van der Waals surface area contributed by atoms with Gasteiger partial charge in [-0.15, -0.1) is 0 Å². The molecule has 2 amide bonds. The normalized spacial score (nSPS) is 21.3. The smallest absolute Gasteiger partial charge is 0.410 e. The van der Waals surface area contributed by atoms with Crippen LogP contribution in [0.5, 0.6) is 0 Å². The highest BCUT2D eigenvalue weighted by molar-refractivity contribution is 5.94. The number of carbonyl (C=O) groups excluding carboxylic acids is 2. The molecule has 3 heterocycles. The van der Waals surface area contributed by atoms with Gasteiger partial charge in [0.1, 0.15) is 12.0 Å². The second kappa shape index (κ2) is 8.60.